The first-order chi connectivity index (χ1) is 18.7. The first-order valence-corrected chi connectivity index (χ1v) is 12.8. The van der Waals surface area contributed by atoms with Crippen LogP contribution in [0.3, 0.4) is 0 Å². The summed E-state index contributed by atoms with van der Waals surface area (Å²) < 4.78 is 30.6. The normalized spacial score (nSPS) is 12.2. The molecule has 224 valence electrons. The fourth-order valence-electron chi connectivity index (χ4n) is 2.26. The summed E-state index contributed by atoms with van der Waals surface area (Å²) in [5.74, 6) is 0.309. The number of fused-ring (bicyclic) bond motifs is 1. The molecule has 1 aliphatic heterocycles. The molecule has 0 saturated heterocycles. The van der Waals surface area contributed by atoms with E-state index in [0.717, 1.165) is 5.69 Å². The molecule has 0 aromatic heterocycles. The van der Waals surface area contributed by atoms with Crippen LogP contribution in [-0.2, 0) is 28.7 Å². The van der Waals surface area contributed by atoms with Crippen LogP contribution in [0.5, 0.6) is 11.5 Å². The van der Waals surface area contributed by atoms with E-state index in [9.17, 15) is 14.0 Å². The topological polar surface area (TPSA) is 169 Å². The van der Waals surface area contributed by atoms with E-state index in [2.05, 4.69) is 46.8 Å². The minimum Gasteiger partial charge on any atom is -1.00 e. The number of phenolic OH excluding ortho intramolecular Hbond substituents is 1. The second kappa shape index (κ2) is 34.7. The Bertz CT molecular complexity index is 944. The summed E-state index contributed by atoms with van der Waals surface area (Å²) in [5, 5.41) is 20.9. The van der Waals surface area contributed by atoms with Gasteiger partial charge in [0, 0.05) is 5.33 Å². The molecule has 2 atom stereocenters. The maximum Gasteiger partial charge on any atom is 1.00 e. The maximum absolute atomic E-state index is 11.4. The number of anilines is 2. The summed E-state index contributed by atoms with van der Waals surface area (Å²) in [7, 11) is -1.00. The third-order valence-electron chi connectivity index (χ3n) is 3.84. The molecular formula is C25H37Br2FK2N2O9. The largest absolute Gasteiger partial charge is 1.00 e. The number of alkyl halides is 3. The molecule has 11 nitrogen and oxygen atoms in total. The van der Waals surface area contributed by atoms with Crippen molar-refractivity contribution in [3.05, 3.63) is 48.5 Å². The smallest absolute Gasteiger partial charge is 1.00 e. The van der Waals surface area contributed by atoms with Crippen LogP contribution < -0.4 is 124 Å². The molecule has 2 unspecified atom stereocenters. The minimum atomic E-state index is -1.00. The van der Waals surface area contributed by atoms with Crippen LogP contribution in [0.15, 0.2) is 48.5 Å². The molecule has 0 fully saturated rings. The van der Waals surface area contributed by atoms with Gasteiger partial charge in [0.25, 0.3) is 6.47 Å². The first-order valence-electron chi connectivity index (χ1n) is 11.5. The van der Waals surface area contributed by atoms with Crippen LogP contribution in [0.2, 0.25) is 0 Å². The third-order valence-corrected chi connectivity index (χ3v) is 6.05. The molecule has 0 saturated carbocycles. The summed E-state index contributed by atoms with van der Waals surface area (Å²) >= 11 is 6.26. The summed E-state index contributed by atoms with van der Waals surface area (Å²) in [6.07, 6.45) is -0.542. The van der Waals surface area contributed by atoms with Gasteiger partial charge in [-0.1, -0.05) is 63.6 Å². The number of ether oxygens (including phenoxy) is 3. The van der Waals surface area contributed by atoms with Gasteiger partial charge in [0.2, 0.25) is 6.10 Å². The Hall–Kier alpha value is 0.173. The van der Waals surface area contributed by atoms with Crippen molar-refractivity contribution in [3.8, 4) is 11.5 Å². The number of nitrogens with two attached hydrogens (primary N) is 1. The summed E-state index contributed by atoms with van der Waals surface area (Å²) in [4.78, 5) is 33.1. The molecular weight excluding hydrogens is 729 g/mol. The first kappa shape index (κ1) is 48.1. The second-order valence-corrected chi connectivity index (χ2v) is 8.11. The molecule has 0 aliphatic carbocycles. The van der Waals surface area contributed by atoms with E-state index in [1.165, 1.54) is 0 Å². The Morgan fingerprint density at radius 1 is 1.24 bits per heavy atom. The number of hydrogen-bond acceptors (Lipinski definition) is 11. The molecule has 16 heteroatoms. The Labute approximate surface area is 345 Å². The Morgan fingerprint density at radius 3 is 2.20 bits per heavy atom. The number of halogens is 3. The average Bonchev–Trinajstić information content (AvgIpc) is 2.95. The Morgan fingerprint density at radius 2 is 1.76 bits per heavy atom. The van der Waals surface area contributed by atoms with E-state index in [0.29, 0.717) is 36.5 Å². The molecule has 0 amide bonds. The molecule has 0 spiro atoms. The zero-order chi connectivity index (χ0) is 30.1. The van der Waals surface area contributed by atoms with Crippen LogP contribution in [0.25, 0.3) is 0 Å². The number of carbonyl (C=O) groups excluding carboxylic acids is 3. The van der Waals surface area contributed by atoms with Gasteiger partial charge < -0.3 is 41.9 Å². The number of phenols is 1. The average molecular weight is 768 g/mol. The number of nitrogens with one attached hydrogen (secondary N) is 1. The van der Waals surface area contributed by atoms with E-state index >= 15 is 0 Å². The number of para-hydroxylation sites is 4. The van der Waals surface area contributed by atoms with Crippen LogP contribution in [-0.4, -0.2) is 66.7 Å². The van der Waals surface area contributed by atoms with Crippen LogP contribution in [0.1, 0.15) is 24.1 Å². The van der Waals surface area contributed by atoms with Crippen molar-refractivity contribution in [2.45, 2.75) is 32.2 Å². The predicted octanol–water partition coefficient (Wildman–Crippen LogP) is -2.12. The maximum atomic E-state index is 11.4. The number of benzene rings is 2. The van der Waals surface area contributed by atoms with Crippen molar-refractivity contribution in [3.63, 3.8) is 0 Å². The zero-order valence-corrected chi connectivity index (χ0v) is 32.2. The Kier molecular flexibility index (Phi) is 40.7. The fraction of sp³-hybridized carbons (Fsp3) is 0.400. The van der Waals surface area contributed by atoms with E-state index in [4.69, 9.17) is 31.7 Å². The van der Waals surface area contributed by atoms with E-state index in [1.807, 2.05) is 24.3 Å². The monoisotopic (exact) mass is 765 g/mol. The van der Waals surface area contributed by atoms with Crippen molar-refractivity contribution >= 4 is 61.6 Å². The number of aromatic hydroxyl groups is 1. The standard InChI is InChI=1S/C11H13NO3.C6H7NO.C5H8Br2O2.CH3F.CH2O3.CH4.2K.H/c1-2-14-11(13)10-7-12-8-5-3-4-6-9(8)15-10;7-5-3-1-2-4-6(5)8;1-2-9-5(8)4(7)3-6;1-2;2-1-4-3;;;;/h3-6,10,12H,2,7H2,1H3;1-4,8H,7H2;4H,2-3H2,1H3;1H3;1,3H;1H4;;;/q;;;;;;2*+1;-1/p-1/i;;;1D;;;;;. The van der Waals surface area contributed by atoms with Gasteiger partial charge in [0.15, 0.2) is 0 Å². The van der Waals surface area contributed by atoms with Crippen molar-refractivity contribution in [2.75, 3.05) is 43.3 Å². The molecule has 2 aromatic rings. The summed E-state index contributed by atoms with van der Waals surface area (Å²) in [5.41, 5.74) is 6.61. The quantitative estimate of drug-likeness (QED) is 0.0430. The van der Waals surface area contributed by atoms with Crippen molar-refractivity contribution in [1.29, 1.82) is 0 Å². The van der Waals surface area contributed by atoms with E-state index in [1.54, 1.807) is 38.1 Å². The molecule has 1 heterocycles. The van der Waals surface area contributed by atoms with Gasteiger partial charge in [0.1, 0.15) is 16.3 Å². The van der Waals surface area contributed by atoms with E-state index in [-0.39, 0.29) is 141 Å². The number of hydrogen-bond donors (Lipinski definition) is 3. The molecule has 41 heavy (non-hydrogen) atoms. The minimum absolute atomic E-state index is 0. The number of nitrogen functional groups attached to an aromatic ring is 1. The second-order valence-electron chi connectivity index (χ2n) is 6.36. The van der Waals surface area contributed by atoms with Crippen molar-refractivity contribution < 1.29 is 154 Å². The van der Waals surface area contributed by atoms with Gasteiger partial charge in [-0.2, -0.15) is 0 Å². The molecule has 4 N–H and O–H groups in total. The van der Waals surface area contributed by atoms with Gasteiger partial charge in [-0.15, -0.1) is 0 Å². The van der Waals surface area contributed by atoms with Crippen molar-refractivity contribution in [1.82, 2.24) is 0 Å². The summed E-state index contributed by atoms with van der Waals surface area (Å²) in [6, 6.07) is 14.2. The van der Waals surface area contributed by atoms with Crippen LogP contribution in [0.4, 0.5) is 15.8 Å². The molecule has 1 aliphatic rings. The number of carbonyl (C=O) groups is 3. The SMILES string of the molecule is C.CCOC(=O)C(Br)CBr.CCOC(=O)C1CNc2ccccc2O1.Nc1ccccc1O.O=CO[O-].[2H]CF.[H-].[K+].[K+]. The molecule has 2 aromatic carbocycles. The van der Waals surface area contributed by atoms with Gasteiger partial charge in [0.05, 0.1) is 39.7 Å². The third kappa shape index (κ3) is 25.2. The van der Waals surface area contributed by atoms with Crippen molar-refractivity contribution in [2.24, 2.45) is 0 Å². The van der Waals surface area contributed by atoms with Gasteiger partial charge >= 0.3 is 115 Å². The number of esters is 2. The summed E-state index contributed by atoms with van der Waals surface area (Å²) in [6.45, 7) is 4.65. The van der Waals surface area contributed by atoms with E-state index < -0.39 is 13.3 Å². The molecule has 0 radical (unpaired) electrons. The predicted molar refractivity (Wildman–Crippen MR) is 154 cm³/mol. The van der Waals surface area contributed by atoms with Crippen LogP contribution >= 0.6 is 31.9 Å². The fourth-order valence-corrected chi connectivity index (χ4v) is 2.66. The Balaban J connectivity index is -0.000000108. The zero-order valence-electron chi connectivity index (χ0n) is 24.8. The molecule has 3 rings (SSSR count). The molecule has 0 bridgehead atoms. The number of rotatable bonds is 6. The van der Waals surface area contributed by atoms with Gasteiger partial charge in [-0.25, -0.2) is 4.79 Å². The van der Waals surface area contributed by atoms with Gasteiger partial charge in [-0.05, 0) is 38.1 Å². The van der Waals surface area contributed by atoms with Gasteiger partial charge in [-0.3, -0.25) is 14.0 Å². The van der Waals surface area contributed by atoms with Crippen LogP contribution in [0, 0.1) is 0 Å².